The molecule has 6 N–H and O–H groups in total. The number of carboxylic acids is 1. The highest BCUT2D eigenvalue weighted by Crippen LogP contribution is 2.27. The molecule has 0 aromatic carbocycles. The predicted octanol–water partition coefficient (Wildman–Crippen LogP) is 0.740. The molecular formula is C15H23F3N6O4. The van der Waals surface area contributed by atoms with Crippen LogP contribution in [0.3, 0.4) is 0 Å². The van der Waals surface area contributed by atoms with Gasteiger partial charge in [0.2, 0.25) is 0 Å². The Morgan fingerprint density at radius 1 is 1.39 bits per heavy atom. The quantitative estimate of drug-likeness (QED) is 0.563. The molecule has 1 atom stereocenters. The first-order valence-electron chi connectivity index (χ1n) is 8.29. The van der Waals surface area contributed by atoms with Crippen LogP contribution in [-0.2, 0) is 11.3 Å². The molecule has 2 aromatic rings. The number of nitrogens with one attached hydrogen (secondary N) is 3. The van der Waals surface area contributed by atoms with Gasteiger partial charge in [0.25, 0.3) is 0 Å². The van der Waals surface area contributed by atoms with Crippen molar-refractivity contribution in [3.05, 3.63) is 29.6 Å². The van der Waals surface area contributed by atoms with Crippen LogP contribution in [0.5, 0.6) is 0 Å². The number of nitrogens with zero attached hydrogens (tertiary/aromatic N) is 3. The number of aromatic nitrogens is 4. The first-order chi connectivity index (χ1) is 12.8. The van der Waals surface area contributed by atoms with Crippen molar-refractivity contribution in [3.63, 3.8) is 0 Å². The highest BCUT2D eigenvalue weighted by atomic mass is 19.4. The van der Waals surface area contributed by atoms with Crippen molar-refractivity contribution in [1.82, 2.24) is 30.9 Å². The Kier molecular flexibility index (Phi) is 9.02. The largest absolute Gasteiger partial charge is 0.490 e. The Bertz CT molecular complexity index is 701. The van der Waals surface area contributed by atoms with E-state index in [2.05, 4.69) is 30.9 Å². The number of hydrogen-bond acceptors (Lipinski definition) is 7. The van der Waals surface area contributed by atoms with Crippen LogP contribution in [0, 0.1) is 12.8 Å². The summed E-state index contributed by atoms with van der Waals surface area (Å²) >= 11 is 0. The molecule has 0 saturated carbocycles. The van der Waals surface area contributed by atoms with E-state index < -0.39 is 12.1 Å². The molecule has 1 saturated heterocycles. The van der Waals surface area contributed by atoms with Gasteiger partial charge in [-0.05, 0) is 38.8 Å². The van der Waals surface area contributed by atoms with Crippen molar-refractivity contribution in [3.8, 4) is 0 Å². The molecule has 1 fully saturated rings. The normalized spacial score (nSPS) is 15.9. The number of piperidine rings is 1. The summed E-state index contributed by atoms with van der Waals surface area (Å²) in [6.45, 7) is 4.70. The lowest BCUT2D eigenvalue weighted by molar-refractivity contribution is -0.192. The van der Waals surface area contributed by atoms with Crippen LogP contribution in [0.1, 0.15) is 36.0 Å². The third-order valence-electron chi connectivity index (χ3n) is 4.19. The van der Waals surface area contributed by atoms with Crippen LogP contribution in [0.15, 0.2) is 17.2 Å². The Balaban J connectivity index is 0.000000425. The Morgan fingerprint density at radius 2 is 2.04 bits per heavy atom. The maximum absolute atomic E-state index is 10.6. The maximum Gasteiger partial charge on any atom is 0.490 e. The fraction of sp³-hybridized carbons (Fsp3) is 0.600. The van der Waals surface area contributed by atoms with E-state index in [-0.39, 0.29) is 11.5 Å². The van der Waals surface area contributed by atoms with Crippen molar-refractivity contribution in [2.45, 2.75) is 38.5 Å². The van der Waals surface area contributed by atoms with Crippen LogP contribution in [0.25, 0.3) is 0 Å². The van der Waals surface area contributed by atoms with Gasteiger partial charge in [0.05, 0.1) is 18.1 Å². The van der Waals surface area contributed by atoms with Gasteiger partial charge >= 0.3 is 12.1 Å². The molecule has 0 bridgehead atoms. The third kappa shape index (κ3) is 6.90. The van der Waals surface area contributed by atoms with E-state index in [1.54, 1.807) is 6.33 Å². The summed E-state index contributed by atoms with van der Waals surface area (Å²) < 4.78 is 36.5. The van der Waals surface area contributed by atoms with Crippen LogP contribution in [0.4, 0.5) is 13.2 Å². The SMILES string of the molecule is Cc1nonc1CNC(c1cnc[nH]1)C1CCNCC1.O.O=C(O)C(F)(F)F. The number of H-pyrrole nitrogens is 1. The number of alkyl halides is 3. The fourth-order valence-electron chi connectivity index (χ4n) is 2.76. The second-order valence-corrected chi connectivity index (χ2v) is 6.05. The number of halogens is 3. The number of imidazole rings is 1. The van der Waals surface area contributed by atoms with Crippen LogP contribution < -0.4 is 10.6 Å². The number of rotatable bonds is 5. The molecular weight excluding hydrogens is 385 g/mol. The number of aliphatic carboxylic acids is 1. The summed E-state index contributed by atoms with van der Waals surface area (Å²) in [6, 6.07) is 0.260. The van der Waals surface area contributed by atoms with Crippen LogP contribution in [0.2, 0.25) is 0 Å². The highest BCUT2D eigenvalue weighted by Gasteiger charge is 2.38. The zero-order chi connectivity index (χ0) is 19.9. The lowest BCUT2D eigenvalue weighted by Crippen LogP contribution is -2.36. The number of carbonyl (C=O) groups is 1. The Hall–Kier alpha value is -2.51. The van der Waals surface area contributed by atoms with Gasteiger partial charge in [-0.25, -0.2) is 14.4 Å². The van der Waals surface area contributed by atoms with Crippen LogP contribution in [-0.4, -0.2) is 56.1 Å². The van der Waals surface area contributed by atoms with E-state index in [0.29, 0.717) is 12.5 Å². The molecule has 28 heavy (non-hydrogen) atoms. The van der Waals surface area contributed by atoms with Gasteiger partial charge in [-0.3, -0.25) is 0 Å². The maximum atomic E-state index is 10.6. The molecule has 0 spiro atoms. The predicted molar refractivity (Wildman–Crippen MR) is 90.1 cm³/mol. The van der Waals surface area contributed by atoms with Crippen molar-refractivity contribution < 1.29 is 33.2 Å². The van der Waals surface area contributed by atoms with Gasteiger partial charge in [-0.15, -0.1) is 0 Å². The number of aryl methyl sites for hydroxylation is 1. The topological polar surface area (TPSA) is 160 Å². The average Bonchev–Trinajstić information content (AvgIpc) is 3.28. The molecule has 0 amide bonds. The molecule has 1 aliphatic rings. The zero-order valence-electron chi connectivity index (χ0n) is 15.1. The second-order valence-electron chi connectivity index (χ2n) is 6.05. The average molecular weight is 408 g/mol. The standard InChI is InChI=1S/C13H20N6O.C2HF3O2.H2O/c1-9-11(19-20-18-9)7-16-13(12-6-15-8-17-12)10-2-4-14-5-3-10;3-2(4,5)1(6)7;/h6,8,10,13-14,16H,2-5,7H2,1H3,(H,15,17);(H,6,7);1H2. The molecule has 3 rings (SSSR count). The smallest absolute Gasteiger partial charge is 0.475 e. The minimum atomic E-state index is -5.08. The summed E-state index contributed by atoms with van der Waals surface area (Å²) in [5, 5.41) is 21.8. The van der Waals surface area contributed by atoms with E-state index in [0.717, 1.165) is 43.0 Å². The van der Waals surface area contributed by atoms with E-state index in [4.69, 9.17) is 14.5 Å². The van der Waals surface area contributed by atoms with Gasteiger partial charge in [0, 0.05) is 12.7 Å². The minimum Gasteiger partial charge on any atom is -0.475 e. The summed E-state index contributed by atoms with van der Waals surface area (Å²) in [4.78, 5) is 16.3. The monoisotopic (exact) mass is 408 g/mol. The van der Waals surface area contributed by atoms with E-state index in [9.17, 15) is 13.2 Å². The van der Waals surface area contributed by atoms with Gasteiger partial charge in [0.1, 0.15) is 11.4 Å². The zero-order valence-corrected chi connectivity index (χ0v) is 15.1. The van der Waals surface area contributed by atoms with Crippen molar-refractivity contribution >= 4 is 5.97 Å². The first-order valence-corrected chi connectivity index (χ1v) is 8.29. The summed E-state index contributed by atoms with van der Waals surface area (Å²) in [6.07, 6.45) is 0.862. The lowest BCUT2D eigenvalue weighted by Gasteiger charge is -2.30. The first kappa shape index (κ1) is 23.5. The number of carboxylic acid groups (broad SMARTS) is 1. The minimum absolute atomic E-state index is 0. The van der Waals surface area contributed by atoms with Crippen molar-refractivity contribution in [1.29, 1.82) is 0 Å². The van der Waals surface area contributed by atoms with Crippen molar-refractivity contribution in [2.75, 3.05) is 13.1 Å². The Labute approximate surface area is 158 Å². The molecule has 2 aromatic heterocycles. The molecule has 10 nitrogen and oxygen atoms in total. The molecule has 1 unspecified atom stereocenters. The van der Waals surface area contributed by atoms with Gasteiger partial charge < -0.3 is 26.2 Å². The van der Waals surface area contributed by atoms with Gasteiger partial charge in [-0.1, -0.05) is 10.3 Å². The summed E-state index contributed by atoms with van der Waals surface area (Å²) in [7, 11) is 0. The number of aromatic amines is 1. The summed E-state index contributed by atoms with van der Waals surface area (Å²) in [5.74, 6) is -2.16. The van der Waals surface area contributed by atoms with Crippen LogP contribution >= 0.6 is 0 Å². The third-order valence-corrected chi connectivity index (χ3v) is 4.19. The lowest BCUT2D eigenvalue weighted by atomic mass is 9.88. The van der Waals surface area contributed by atoms with E-state index in [1.165, 1.54) is 0 Å². The highest BCUT2D eigenvalue weighted by molar-refractivity contribution is 5.73. The molecule has 158 valence electrons. The molecule has 0 radical (unpaired) electrons. The molecule has 13 heteroatoms. The van der Waals surface area contributed by atoms with Gasteiger partial charge in [-0.2, -0.15) is 13.2 Å². The van der Waals surface area contributed by atoms with Crippen molar-refractivity contribution in [2.24, 2.45) is 5.92 Å². The van der Waals surface area contributed by atoms with E-state index >= 15 is 0 Å². The van der Waals surface area contributed by atoms with Gasteiger partial charge in [0.15, 0.2) is 0 Å². The summed E-state index contributed by atoms with van der Waals surface area (Å²) in [5.41, 5.74) is 2.83. The molecule has 3 heterocycles. The second kappa shape index (κ2) is 10.7. The molecule has 1 aliphatic heterocycles. The molecule has 0 aliphatic carbocycles. The fourth-order valence-corrected chi connectivity index (χ4v) is 2.76. The van der Waals surface area contributed by atoms with E-state index in [1.807, 2.05) is 13.1 Å². The number of hydrogen-bond donors (Lipinski definition) is 4. The Morgan fingerprint density at radius 3 is 2.50 bits per heavy atom.